The molecule has 1 aromatic rings. The van der Waals surface area contributed by atoms with Crippen LogP contribution in [0.2, 0.25) is 0 Å². The zero-order chi connectivity index (χ0) is 12.3. The second kappa shape index (κ2) is 5.31. The molecule has 17 heavy (non-hydrogen) atoms. The van der Waals surface area contributed by atoms with Crippen LogP contribution >= 0.6 is 0 Å². The van der Waals surface area contributed by atoms with Crippen LogP contribution < -0.4 is 15.4 Å². The van der Waals surface area contributed by atoms with Crippen molar-refractivity contribution in [3.05, 3.63) is 12.4 Å². The molecule has 1 aromatic heterocycles. The molecular formula is C12H20N4O. The maximum absolute atomic E-state index is 5.80. The number of methoxy groups -OCH3 is 1. The smallest absolute Gasteiger partial charge is 0.233 e. The van der Waals surface area contributed by atoms with Crippen molar-refractivity contribution in [3.63, 3.8) is 0 Å². The third-order valence-electron chi connectivity index (χ3n) is 3.55. The van der Waals surface area contributed by atoms with Crippen LogP contribution in [0.5, 0.6) is 5.88 Å². The highest BCUT2D eigenvalue weighted by Gasteiger charge is 2.26. The topological polar surface area (TPSA) is 64.3 Å². The van der Waals surface area contributed by atoms with Crippen molar-refractivity contribution >= 4 is 5.82 Å². The Balaban J connectivity index is 2.11. The fourth-order valence-corrected chi connectivity index (χ4v) is 2.25. The first-order valence-electron chi connectivity index (χ1n) is 6.05. The Morgan fingerprint density at radius 1 is 1.53 bits per heavy atom. The molecule has 1 fully saturated rings. The van der Waals surface area contributed by atoms with Crippen molar-refractivity contribution in [2.45, 2.75) is 13.3 Å². The van der Waals surface area contributed by atoms with Gasteiger partial charge in [0.2, 0.25) is 5.88 Å². The number of nitrogens with zero attached hydrogens (tertiary/aromatic N) is 3. The number of anilines is 1. The Morgan fingerprint density at radius 2 is 2.35 bits per heavy atom. The minimum Gasteiger partial charge on any atom is -0.480 e. The molecule has 2 unspecified atom stereocenters. The zero-order valence-corrected chi connectivity index (χ0v) is 10.5. The van der Waals surface area contributed by atoms with Gasteiger partial charge in [-0.25, -0.2) is 0 Å². The molecule has 1 aliphatic heterocycles. The van der Waals surface area contributed by atoms with Crippen molar-refractivity contribution in [2.75, 3.05) is 31.6 Å². The van der Waals surface area contributed by atoms with E-state index >= 15 is 0 Å². The van der Waals surface area contributed by atoms with E-state index in [2.05, 4.69) is 21.8 Å². The maximum atomic E-state index is 5.80. The molecule has 2 atom stereocenters. The van der Waals surface area contributed by atoms with Gasteiger partial charge in [-0.2, -0.15) is 4.98 Å². The van der Waals surface area contributed by atoms with Crippen LogP contribution in [0, 0.1) is 11.8 Å². The van der Waals surface area contributed by atoms with E-state index in [-0.39, 0.29) is 0 Å². The third-order valence-corrected chi connectivity index (χ3v) is 3.55. The molecule has 94 valence electrons. The van der Waals surface area contributed by atoms with E-state index in [0.29, 0.717) is 17.7 Å². The molecule has 2 N–H and O–H groups in total. The van der Waals surface area contributed by atoms with Gasteiger partial charge in [0, 0.05) is 13.1 Å². The number of hydrogen-bond acceptors (Lipinski definition) is 5. The van der Waals surface area contributed by atoms with Gasteiger partial charge in [-0.05, 0) is 24.8 Å². The first-order valence-corrected chi connectivity index (χ1v) is 6.05. The first-order chi connectivity index (χ1) is 8.24. The van der Waals surface area contributed by atoms with E-state index in [1.165, 1.54) is 0 Å². The summed E-state index contributed by atoms with van der Waals surface area (Å²) < 4.78 is 5.09. The summed E-state index contributed by atoms with van der Waals surface area (Å²) in [6.07, 6.45) is 4.56. The number of rotatable bonds is 3. The van der Waals surface area contributed by atoms with Gasteiger partial charge in [-0.15, -0.1) is 0 Å². The maximum Gasteiger partial charge on any atom is 0.233 e. The summed E-state index contributed by atoms with van der Waals surface area (Å²) >= 11 is 0. The van der Waals surface area contributed by atoms with Crippen molar-refractivity contribution in [3.8, 4) is 5.88 Å². The second-order valence-corrected chi connectivity index (χ2v) is 4.63. The lowest BCUT2D eigenvalue weighted by Gasteiger charge is -2.37. The van der Waals surface area contributed by atoms with E-state index in [0.717, 1.165) is 31.9 Å². The molecule has 0 aromatic carbocycles. The summed E-state index contributed by atoms with van der Waals surface area (Å²) in [5, 5.41) is 0. The third kappa shape index (κ3) is 2.66. The fourth-order valence-electron chi connectivity index (χ4n) is 2.25. The van der Waals surface area contributed by atoms with E-state index in [4.69, 9.17) is 10.5 Å². The summed E-state index contributed by atoms with van der Waals surface area (Å²) in [5.41, 5.74) is 5.80. The quantitative estimate of drug-likeness (QED) is 0.845. The largest absolute Gasteiger partial charge is 0.480 e. The highest BCUT2D eigenvalue weighted by atomic mass is 16.5. The normalized spacial score (nSPS) is 24.8. The lowest BCUT2D eigenvalue weighted by atomic mass is 9.87. The second-order valence-electron chi connectivity index (χ2n) is 4.63. The van der Waals surface area contributed by atoms with Gasteiger partial charge >= 0.3 is 0 Å². The van der Waals surface area contributed by atoms with Crippen molar-refractivity contribution in [1.82, 2.24) is 9.97 Å². The summed E-state index contributed by atoms with van der Waals surface area (Å²) in [6.45, 7) is 4.97. The number of piperidine rings is 1. The molecule has 0 radical (unpaired) electrons. The molecule has 0 aliphatic carbocycles. The highest BCUT2D eigenvalue weighted by Crippen LogP contribution is 2.25. The van der Waals surface area contributed by atoms with Gasteiger partial charge in [-0.1, -0.05) is 6.92 Å². The minimum atomic E-state index is 0.539. The number of aromatic nitrogens is 2. The molecule has 0 amide bonds. The molecule has 1 saturated heterocycles. The standard InChI is InChI=1S/C12H20N4O/c1-9-3-4-16(8-10(9)5-13)11-6-14-7-12(15-11)17-2/h6-7,9-10H,3-5,8,13H2,1-2H3. The van der Waals surface area contributed by atoms with E-state index in [1.54, 1.807) is 19.5 Å². The van der Waals surface area contributed by atoms with Crippen LogP contribution in [0.3, 0.4) is 0 Å². The Bertz CT molecular complexity index is 371. The molecule has 0 bridgehead atoms. The van der Waals surface area contributed by atoms with Crippen LogP contribution in [0.4, 0.5) is 5.82 Å². The predicted octanol–water partition coefficient (Wildman–Crippen LogP) is 0.906. The van der Waals surface area contributed by atoms with Gasteiger partial charge in [0.15, 0.2) is 5.82 Å². The molecule has 5 nitrogen and oxygen atoms in total. The van der Waals surface area contributed by atoms with Crippen molar-refractivity contribution < 1.29 is 4.74 Å². The average Bonchev–Trinajstić information content (AvgIpc) is 2.39. The van der Waals surface area contributed by atoms with Gasteiger partial charge in [0.05, 0.1) is 19.5 Å². The fraction of sp³-hybridized carbons (Fsp3) is 0.667. The Kier molecular flexibility index (Phi) is 3.78. The van der Waals surface area contributed by atoms with E-state index < -0.39 is 0 Å². The summed E-state index contributed by atoms with van der Waals surface area (Å²) in [4.78, 5) is 10.8. The Labute approximate surface area is 102 Å². The molecule has 1 aliphatic rings. The number of ether oxygens (including phenoxy) is 1. The van der Waals surface area contributed by atoms with Crippen LogP contribution in [0.25, 0.3) is 0 Å². The molecule has 2 heterocycles. The van der Waals surface area contributed by atoms with Crippen LogP contribution in [-0.2, 0) is 0 Å². The summed E-state index contributed by atoms with van der Waals surface area (Å²) in [5.74, 6) is 2.67. The lowest BCUT2D eigenvalue weighted by Crippen LogP contribution is -2.43. The molecule has 0 saturated carbocycles. The van der Waals surface area contributed by atoms with E-state index in [1.807, 2.05) is 0 Å². The molecule has 0 spiro atoms. The summed E-state index contributed by atoms with van der Waals surface area (Å²) in [6, 6.07) is 0. The molecule has 2 rings (SSSR count). The molecular weight excluding hydrogens is 216 g/mol. The van der Waals surface area contributed by atoms with Crippen LogP contribution in [-0.4, -0.2) is 36.7 Å². The average molecular weight is 236 g/mol. The van der Waals surface area contributed by atoms with Crippen LogP contribution in [0.1, 0.15) is 13.3 Å². The zero-order valence-electron chi connectivity index (χ0n) is 10.5. The SMILES string of the molecule is COc1cncc(N2CCC(C)C(CN)C2)n1. The lowest BCUT2D eigenvalue weighted by molar-refractivity contribution is 0.306. The highest BCUT2D eigenvalue weighted by molar-refractivity contribution is 5.38. The van der Waals surface area contributed by atoms with Gasteiger partial charge in [0.1, 0.15) is 0 Å². The number of nitrogens with two attached hydrogens (primary N) is 1. The Hall–Kier alpha value is -1.36. The Morgan fingerprint density at radius 3 is 3.06 bits per heavy atom. The van der Waals surface area contributed by atoms with Gasteiger partial charge < -0.3 is 15.4 Å². The van der Waals surface area contributed by atoms with Gasteiger partial charge in [-0.3, -0.25) is 4.98 Å². The van der Waals surface area contributed by atoms with E-state index in [9.17, 15) is 0 Å². The minimum absolute atomic E-state index is 0.539. The van der Waals surface area contributed by atoms with Crippen molar-refractivity contribution in [2.24, 2.45) is 17.6 Å². The van der Waals surface area contributed by atoms with Crippen LogP contribution in [0.15, 0.2) is 12.4 Å². The summed E-state index contributed by atoms with van der Waals surface area (Å²) in [7, 11) is 1.61. The predicted molar refractivity (Wildman–Crippen MR) is 67.1 cm³/mol. The van der Waals surface area contributed by atoms with Crippen molar-refractivity contribution in [1.29, 1.82) is 0 Å². The molecule has 5 heteroatoms. The first kappa shape index (κ1) is 12.1. The van der Waals surface area contributed by atoms with Gasteiger partial charge in [0.25, 0.3) is 0 Å². The number of hydrogen-bond donors (Lipinski definition) is 1. The monoisotopic (exact) mass is 236 g/mol.